The molecule has 0 bridgehead atoms. The van der Waals surface area contributed by atoms with Crippen molar-refractivity contribution >= 4 is 0 Å². The largest absolute Gasteiger partial charge is 0.379 e. The summed E-state index contributed by atoms with van der Waals surface area (Å²) in [5.41, 5.74) is -0.399. The minimum atomic E-state index is -0.399. The highest BCUT2D eigenvalue weighted by Gasteiger charge is 2.21. The highest BCUT2D eigenvalue weighted by molar-refractivity contribution is 5.03. The van der Waals surface area contributed by atoms with Crippen LogP contribution in [-0.4, -0.2) is 24.8 Å². The van der Waals surface area contributed by atoms with Crippen LogP contribution in [0.15, 0.2) is 0 Å². The van der Waals surface area contributed by atoms with Gasteiger partial charge in [-0.15, -0.1) is 0 Å². The molecular formula is C17H34N2O. The second kappa shape index (κ2) is 12.2. The number of nitrogens with zero attached hydrogens (tertiary/aromatic N) is 1. The van der Waals surface area contributed by atoms with Gasteiger partial charge >= 0.3 is 0 Å². The molecule has 0 aromatic rings. The van der Waals surface area contributed by atoms with Crippen molar-refractivity contribution in [3.05, 3.63) is 0 Å². The first-order valence-electron chi connectivity index (χ1n) is 8.35. The number of hydrogen-bond acceptors (Lipinski definition) is 3. The molecule has 0 spiro atoms. The third-order valence-electron chi connectivity index (χ3n) is 3.70. The molecule has 118 valence electrons. The normalized spacial score (nSPS) is 15.6. The van der Waals surface area contributed by atoms with Gasteiger partial charge in [0.15, 0.2) is 0 Å². The molecule has 0 rings (SSSR count). The Bertz CT molecular complexity index is 262. The fourth-order valence-corrected chi connectivity index (χ4v) is 2.24. The number of nitriles is 1. The minimum absolute atomic E-state index is 0.351. The summed E-state index contributed by atoms with van der Waals surface area (Å²) in [6.07, 6.45) is 9.56. The fourth-order valence-electron chi connectivity index (χ4n) is 2.24. The summed E-state index contributed by atoms with van der Waals surface area (Å²) in [6.45, 7) is 10.2. The molecule has 2 unspecified atom stereocenters. The molecule has 0 saturated carbocycles. The van der Waals surface area contributed by atoms with E-state index in [0.717, 1.165) is 38.8 Å². The molecule has 0 fully saturated rings. The maximum atomic E-state index is 9.23. The summed E-state index contributed by atoms with van der Waals surface area (Å²) in [7, 11) is 0. The summed E-state index contributed by atoms with van der Waals surface area (Å²) in [6, 6.07) is 2.38. The molecule has 3 nitrogen and oxygen atoms in total. The van der Waals surface area contributed by atoms with Gasteiger partial charge in [0.2, 0.25) is 0 Å². The van der Waals surface area contributed by atoms with Crippen molar-refractivity contribution in [3.8, 4) is 6.07 Å². The van der Waals surface area contributed by atoms with E-state index in [2.05, 4.69) is 32.2 Å². The maximum Gasteiger partial charge on any atom is 0.104 e. The summed E-state index contributed by atoms with van der Waals surface area (Å²) in [4.78, 5) is 0. The minimum Gasteiger partial charge on any atom is -0.379 e. The SMILES string of the molecule is CCCCCCC(C)OCCCC(C)(C#N)NCCC. The van der Waals surface area contributed by atoms with Gasteiger partial charge in [0.05, 0.1) is 12.2 Å². The van der Waals surface area contributed by atoms with Crippen LogP contribution in [0.1, 0.15) is 79.1 Å². The Labute approximate surface area is 126 Å². The number of hydrogen-bond donors (Lipinski definition) is 1. The van der Waals surface area contributed by atoms with Crippen molar-refractivity contribution in [2.24, 2.45) is 0 Å². The molecular weight excluding hydrogens is 248 g/mol. The van der Waals surface area contributed by atoms with Crippen LogP contribution < -0.4 is 5.32 Å². The van der Waals surface area contributed by atoms with Gasteiger partial charge in [0.1, 0.15) is 5.54 Å². The predicted molar refractivity (Wildman–Crippen MR) is 85.7 cm³/mol. The van der Waals surface area contributed by atoms with Gasteiger partial charge in [-0.25, -0.2) is 0 Å². The standard InChI is InChI=1S/C17H34N2O/c1-5-7-8-9-11-16(3)20-14-10-12-17(4,15-18)19-13-6-2/h16,19H,5-14H2,1-4H3. The Kier molecular flexibility index (Phi) is 11.8. The van der Waals surface area contributed by atoms with Crippen molar-refractivity contribution in [1.29, 1.82) is 5.26 Å². The van der Waals surface area contributed by atoms with E-state index in [0.29, 0.717) is 6.10 Å². The third kappa shape index (κ3) is 10.2. The average Bonchev–Trinajstić information content (AvgIpc) is 2.46. The fraction of sp³-hybridized carbons (Fsp3) is 0.941. The molecule has 0 aliphatic heterocycles. The molecule has 0 saturated heterocycles. The Balaban J connectivity index is 3.65. The lowest BCUT2D eigenvalue weighted by molar-refractivity contribution is 0.0537. The van der Waals surface area contributed by atoms with Crippen LogP contribution in [-0.2, 0) is 4.74 Å². The molecule has 0 heterocycles. The number of unbranched alkanes of at least 4 members (excludes halogenated alkanes) is 3. The van der Waals surface area contributed by atoms with Gasteiger partial charge in [-0.3, -0.25) is 5.32 Å². The molecule has 0 aromatic carbocycles. The van der Waals surface area contributed by atoms with Crippen molar-refractivity contribution < 1.29 is 4.74 Å². The van der Waals surface area contributed by atoms with Crippen LogP contribution in [0.2, 0.25) is 0 Å². The van der Waals surface area contributed by atoms with Gasteiger partial charge in [0, 0.05) is 6.61 Å². The van der Waals surface area contributed by atoms with Crippen molar-refractivity contribution in [3.63, 3.8) is 0 Å². The zero-order valence-corrected chi connectivity index (χ0v) is 14.0. The van der Waals surface area contributed by atoms with Crippen LogP contribution in [0.3, 0.4) is 0 Å². The molecule has 20 heavy (non-hydrogen) atoms. The van der Waals surface area contributed by atoms with E-state index in [1.165, 1.54) is 25.7 Å². The first-order chi connectivity index (χ1) is 9.58. The predicted octanol–water partition coefficient (Wildman–Crippen LogP) is 4.42. The molecule has 0 amide bonds. The Morgan fingerprint density at radius 2 is 1.90 bits per heavy atom. The topological polar surface area (TPSA) is 45.0 Å². The monoisotopic (exact) mass is 282 g/mol. The van der Waals surface area contributed by atoms with Crippen LogP contribution in [0.4, 0.5) is 0 Å². The highest BCUT2D eigenvalue weighted by atomic mass is 16.5. The molecule has 0 aliphatic rings. The molecule has 1 N–H and O–H groups in total. The second-order valence-electron chi connectivity index (χ2n) is 6.00. The first kappa shape index (κ1) is 19.4. The van der Waals surface area contributed by atoms with Gasteiger partial charge in [0.25, 0.3) is 0 Å². The smallest absolute Gasteiger partial charge is 0.104 e. The molecule has 0 aliphatic carbocycles. The van der Waals surface area contributed by atoms with E-state index in [1.54, 1.807) is 0 Å². The van der Waals surface area contributed by atoms with Crippen LogP contribution in [0.5, 0.6) is 0 Å². The first-order valence-corrected chi connectivity index (χ1v) is 8.35. The Morgan fingerprint density at radius 1 is 1.15 bits per heavy atom. The summed E-state index contributed by atoms with van der Waals surface area (Å²) < 4.78 is 5.83. The van der Waals surface area contributed by atoms with Gasteiger partial charge < -0.3 is 4.74 Å². The second-order valence-corrected chi connectivity index (χ2v) is 6.00. The lowest BCUT2D eigenvalue weighted by Gasteiger charge is -2.23. The number of rotatable bonds is 13. The number of nitrogens with one attached hydrogen (secondary N) is 1. The quantitative estimate of drug-likeness (QED) is 0.508. The van der Waals surface area contributed by atoms with Crippen LogP contribution in [0, 0.1) is 11.3 Å². The van der Waals surface area contributed by atoms with E-state index in [4.69, 9.17) is 4.74 Å². The van der Waals surface area contributed by atoms with Crippen LogP contribution in [0.25, 0.3) is 0 Å². The van der Waals surface area contributed by atoms with E-state index >= 15 is 0 Å². The van der Waals surface area contributed by atoms with Gasteiger partial charge in [-0.2, -0.15) is 5.26 Å². The van der Waals surface area contributed by atoms with Gasteiger partial charge in [-0.05, 0) is 46.1 Å². The summed E-state index contributed by atoms with van der Waals surface area (Å²) in [5, 5.41) is 12.5. The maximum absolute atomic E-state index is 9.23. The van der Waals surface area contributed by atoms with Crippen molar-refractivity contribution in [2.45, 2.75) is 90.7 Å². The van der Waals surface area contributed by atoms with E-state index < -0.39 is 5.54 Å². The lowest BCUT2D eigenvalue weighted by Crippen LogP contribution is -2.41. The van der Waals surface area contributed by atoms with E-state index in [9.17, 15) is 5.26 Å². The summed E-state index contributed by atoms with van der Waals surface area (Å²) in [5.74, 6) is 0. The van der Waals surface area contributed by atoms with Crippen LogP contribution >= 0.6 is 0 Å². The lowest BCUT2D eigenvalue weighted by atomic mass is 9.98. The average molecular weight is 282 g/mol. The molecule has 2 atom stereocenters. The molecule has 0 aromatic heterocycles. The van der Waals surface area contributed by atoms with Crippen molar-refractivity contribution in [1.82, 2.24) is 5.32 Å². The third-order valence-corrected chi connectivity index (χ3v) is 3.70. The van der Waals surface area contributed by atoms with E-state index in [-0.39, 0.29) is 0 Å². The Morgan fingerprint density at radius 3 is 2.50 bits per heavy atom. The van der Waals surface area contributed by atoms with E-state index in [1.807, 2.05) is 6.92 Å². The zero-order valence-electron chi connectivity index (χ0n) is 14.0. The molecule has 0 radical (unpaired) electrons. The zero-order chi connectivity index (χ0) is 15.3. The Hall–Kier alpha value is -0.590. The van der Waals surface area contributed by atoms with Gasteiger partial charge in [-0.1, -0.05) is 39.5 Å². The van der Waals surface area contributed by atoms with Crippen molar-refractivity contribution in [2.75, 3.05) is 13.2 Å². The highest BCUT2D eigenvalue weighted by Crippen LogP contribution is 2.13. The summed E-state index contributed by atoms with van der Waals surface area (Å²) >= 11 is 0. The molecule has 3 heteroatoms. The number of ether oxygens (including phenoxy) is 1.